The van der Waals surface area contributed by atoms with Crippen LogP contribution in [0.1, 0.15) is 11.1 Å². The van der Waals surface area contributed by atoms with Crippen molar-refractivity contribution in [2.75, 3.05) is 10.6 Å². The zero-order chi connectivity index (χ0) is 16.2. The van der Waals surface area contributed by atoms with Gasteiger partial charge < -0.3 is 10.6 Å². The summed E-state index contributed by atoms with van der Waals surface area (Å²) in [5.41, 5.74) is 4.23. The van der Waals surface area contributed by atoms with E-state index in [4.69, 9.17) is 0 Å². The topological polar surface area (TPSA) is 62.7 Å². The average Bonchev–Trinajstić information content (AvgIpc) is 2.54. The van der Waals surface area contributed by atoms with Gasteiger partial charge in [-0.1, -0.05) is 24.3 Å². The average molecular weight is 370 g/mol. The predicted octanol–water partition coefficient (Wildman–Crippen LogP) is 4.74. The van der Waals surface area contributed by atoms with E-state index in [9.17, 15) is 0 Å². The number of halogens is 1. The zero-order valence-electron chi connectivity index (χ0n) is 12.8. The highest BCUT2D eigenvalue weighted by Crippen LogP contribution is 2.25. The smallest absolute Gasteiger partial charge is 0.249 e. The summed E-state index contributed by atoms with van der Waals surface area (Å²) < 4.78 is 0.941. The van der Waals surface area contributed by atoms with Gasteiger partial charge in [0.2, 0.25) is 5.95 Å². The lowest BCUT2D eigenvalue weighted by Crippen LogP contribution is -2.03. The van der Waals surface area contributed by atoms with Crippen molar-refractivity contribution in [3.05, 3.63) is 64.3 Å². The quantitative estimate of drug-likeness (QED) is 0.695. The largest absolute Gasteiger partial charge is 0.339 e. The maximum atomic E-state index is 4.46. The Morgan fingerprint density at radius 1 is 0.957 bits per heavy atom. The van der Waals surface area contributed by atoms with Crippen molar-refractivity contribution in [2.24, 2.45) is 0 Å². The Bertz CT molecular complexity index is 835. The van der Waals surface area contributed by atoms with Crippen molar-refractivity contribution in [1.29, 1.82) is 0 Å². The zero-order valence-corrected chi connectivity index (χ0v) is 14.4. The lowest BCUT2D eigenvalue weighted by Gasteiger charge is -2.11. The standard InChI is InChI=1S/C17H16BrN5/c1-11-7-8-12(2)15(9-11)20-16-10-19-23-17(22-16)21-14-6-4-3-5-13(14)18/h3-10H,1-2H3,(H2,20,21,22,23). The molecule has 0 saturated heterocycles. The third kappa shape index (κ3) is 3.84. The van der Waals surface area contributed by atoms with E-state index >= 15 is 0 Å². The number of benzene rings is 2. The molecule has 0 aliphatic heterocycles. The summed E-state index contributed by atoms with van der Waals surface area (Å²) in [5, 5.41) is 14.5. The summed E-state index contributed by atoms with van der Waals surface area (Å²) >= 11 is 3.49. The molecule has 6 heteroatoms. The Morgan fingerprint density at radius 3 is 2.61 bits per heavy atom. The van der Waals surface area contributed by atoms with Gasteiger partial charge in [-0.15, -0.1) is 5.10 Å². The van der Waals surface area contributed by atoms with Crippen LogP contribution >= 0.6 is 15.9 Å². The number of aryl methyl sites for hydroxylation is 2. The molecule has 0 radical (unpaired) electrons. The molecule has 116 valence electrons. The second kappa shape index (κ2) is 6.75. The predicted molar refractivity (Wildman–Crippen MR) is 96.5 cm³/mol. The highest BCUT2D eigenvalue weighted by molar-refractivity contribution is 9.10. The van der Waals surface area contributed by atoms with Crippen LogP contribution in [0.2, 0.25) is 0 Å². The summed E-state index contributed by atoms with van der Waals surface area (Å²) in [6.45, 7) is 4.11. The second-order valence-electron chi connectivity index (χ2n) is 5.21. The molecule has 1 aromatic heterocycles. The van der Waals surface area contributed by atoms with Crippen molar-refractivity contribution in [2.45, 2.75) is 13.8 Å². The van der Waals surface area contributed by atoms with Crippen molar-refractivity contribution >= 4 is 39.1 Å². The Hall–Kier alpha value is -2.47. The van der Waals surface area contributed by atoms with E-state index in [2.05, 4.69) is 73.8 Å². The van der Waals surface area contributed by atoms with Crippen LogP contribution in [-0.4, -0.2) is 15.2 Å². The second-order valence-corrected chi connectivity index (χ2v) is 6.07. The van der Waals surface area contributed by atoms with Gasteiger partial charge >= 0.3 is 0 Å². The Labute approximate surface area is 143 Å². The minimum absolute atomic E-state index is 0.437. The first kappa shape index (κ1) is 15.4. The van der Waals surface area contributed by atoms with Crippen LogP contribution in [0.3, 0.4) is 0 Å². The van der Waals surface area contributed by atoms with Gasteiger partial charge in [-0.25, -0.2) is 0 Å². The van der Waals surface area contributed by atoms with Crippen LogP contribution in [0.25, 0.3) is 0 Å². The molecule has 3 aromatic rings. The van der Waals surface area contributed by atoms with E-state index in [1.54, 1.807) is 6.20 Å². The fourth-order valence-electron chi connectivity index (χ4n) is 2.11. The van der Waals surface area contributed by atoms with Crippen LogP contribution in [0.4, 0.5) is 23.1 Å². The maximum Gasteiger partial charge on any atom is 0.249 e. The molecule has 23 heavy (non-hydrogen) atoms. The van der Waals surface area contributed by atoms with Gasteiger partial charge in [0.25, 0.3) is 0 Å². The van der Waals surface area contributed by atoms with Crippen LogP contribution in [0.15, 0.2) is 53.1 Å². The van der Waals surface area contributed by atoms with Crippen LogP contribution in [0, 0.1) is 13.8 Å². The number of nitrogens with one attached hydrogen (secondary N) is 2. The van der Waals surface area contributed by atoms with E-state index in [0.717, 1.165) is 21.4 Å². The molecule has 0 fully saturated rings. The summed E-state index contributed by atoms with van der Waals surface area (Å²) in [6.07, 6.45) is 1.60. The molecule has 5 nitrogen and oxygen atoms in total. The van der Waals surface area contributed by atoms with E-state index in [1.165, 1.54) is 5.56 Å². The van der Waals surface area contributed by atoms with Gasteiger partial charge in [0, 0.05) is 10.2 Å². The molecule has 3 rings (SSSR count). The van der Waals surface area contributed by atoms with Crippen LogP contribution < -0.4 is 10.6 Å². The third-order valence-electron chi connectivity index (χ3n) is 3.33. The van der Waals surface area contributed by atoms with Crippen molar-refractivity contribution in [3.8, 4) is 0 Å². The first-order valence-corrected chi connectivity index (χ1v) is 7.97. The molecule has 0 atom stereocenters. The lowest BCUT2D eigenvalue weighted by molar-refractivity contribution is 0.982. The van der Waals surface area contributed by atoms with Gasteiger partial charge in [-0.2, -0.15) is 10.1 Å². The molecule has 1 heterocycles. The monoisotopic (exact) mass is 369 g/mol. The van der Waals surface area contributed by atoms with Gasteiger partial charge in [0.05, 0.1) is 11.9 Å². The van der Waals surface area contributed by atoms with Crippen molar-refractivity contribution in [1.82, 2.24) is 15.2 Å². The minimum atomic E-state index is 0.437. The molecule has 2 N–H and O–H groups in total. The summed E-state index contributed by atoms with van der Waals surface area (Å²) in [5.74, 6) is 1.08. The number of aromatic nitrogens is 3. The molecule has 0 bridgehead atoms. The molecule has 2 aromatic carbocycles. The first-order chi connectivity index (χ1) is 11.1. The van der Waals surface area contributed by atoms with Gasteiger partial charge in [0.1, 0.15) is 0 Å². The Balaban J connectivity index is 1.83. The number of anilines is 4. The van der Waals surface area contributed by atoms with Crippen LogP contribution in [-0.2, 0) is 0 Å². The first-order valence-electron chi connectivity index (χ1n) is 7.17. The summed E-state index contributed by atoms with van der Waals surface area (Å²) in [7, 11) is 0. The highest BCUT2D eigenvalue weighted by atomic mass is 79.9. The molecule has 0 amide bonds. The normalized spacial score (nSPS) is 10.4. The number of para-hydroxylation sites is 1. The van der Waals surface area contributed by atoms with E-state index in [-0.39, 0.29) is 0 Å². The fraction of sp³-hybridized carbons (Fsp3) is 0.118. The Morgan fingerprint density at radius 2 is 1.78 bits per heavy atom. The van der Waals surface area contributed by atoms with Crippen LogP contribution in [0.5, 0.6) is 0 Å². The van der Waals surface area contributed by atoms with Crippen molar-refractivity contribution < 1.29 is 0 Å². The molecule has 0 aliphatic carbocycles. The Kier molecular flexibility index (Phi) is 4.52. The van der Waals surface area contributed by atoms with Gasteiger partial charge in [-0.05, 0) is 59.1 Å². The molecular formula is C17H16BrN5. The molecular weight excluding hydrogens is 354 g/mol. The molecule has 0 unspecified atom stereocenters. The summed E-state index contributed by atoms with van der Waals surface area (Å²) in [6, 6.07) is 14.0. The molecule has 0 saturated carbocycles. The van der Waals surface area contributed by atoms with E-state index in [0.29, 0.717) is 11.8 Å². The molecule has 0 spiro atoms. The van der Waals surface area contributed by atoms with E-state index < -0.39 is 0 Å². The van der Waals surface area contributed by atoms with Crippen molar-refractivity contribution in [3.63, 3.8) is 0 Å². The number of hydrogen-bond acceptors (Lipinski definition) is 5. The maximum absolute atomic E-state index is 4.46. The third-order valence-corrected chi connectivity index (χ3v) is 4.03. The van der Waals surface area contributed by atoms with Gasteiger partial charge in [0.15, 0.2) is 5.82 Å². The molecule has 0 aliphatic rings. The number of nitrogens with zero attached hydrogens (tertiary/aromatic N) is 3. The lowest BCUT2D eigenvalue weighted by atomic mass is 10.1. The summed E-state index contributed by atoms with van der Waals surface area (Å²) in [4.78, 5) is 4.46. The fourth-order valence-corrected chi connectivity index (χ4v) is 2.49. The highest BCUT2D eigenvalue weighted by Gasteiger charge is 2.05. The number of rotatable bonds is 4. The minimum Gasteiger partial charge on any atom is -0.339 e. The van der Waals surface area contributed by atoms with E-state index in [1.807, 2.05) is 24.3 Å². The van der Waals surface area contributed by atoms with Gasteiger partial charge in [-0.3, -0.25) is 0 Å². The number of hydrogen-bond donors (Lipinski definition) is 2. The SMILES string of the molecule is Cc1ccc(C)c(Nc2cnnc(Nc3ccccc3Br)n2)c1.